The molecule has 25 heavy (non-hydrogen) atoms. The van der Waals surface area contributed by atoms with Crippen molar-refractivity contribution in [2.75, 3.05) is 5.32 Å². The normalized spacial score (nSPS) is 10.6. The van der Waals surface area contributed by atoms with E-state index in [1.54, 1.807) is 12.3 Å². The van der Waals surface area contributed by atoms with Gasteiger partial charge < -0.3 is 10.1 Å². The van der Waals surface area contributed by atoms with Crippen LogP contribution in [0.2, 0.25) is 0 Å². The van der Waals surface area contributed by atoms with E-state index in [1.807, 2.05) is 13.0 Å². The number of carbonyl (C=O) groups excluding carboxylic acids is 2. The zero-order chi connectivity index (χ0) is 18.0. The van der Waals surface area contributed by atoms with E-state index in [0.29, 0.717) is 16.5 Å². The maximum absolute atomic E-state index is 12.1. The monoisotopic (exact) mass is 358 g/mol. The molecule has 0 bridgehead atoms. The number of nitrogens with zero attached hydrogens (tertiary/aromatic N) is 3. The Hall–Kier alpha value is -3.07. The Morgan fingerprint density at radius 3 is 2.92 bits per heavy atom. The van der Waals surface area contributed by atoms with Gasteiger partial charge in [-0.3, -0.25) is 14.0 Å². The fraction of sp³-hybridized carbons (Fsp3) is 0.188. The Balaban J connectivity index is 1.75. The van der Waals surface area contributed by atoms with E-state index in [2.05, 4.69) is 15.3 Å². The van der Waals surface area contributed by atoms with Gasteiger partial charge in [0.15, 0.2) is 10.8 Å². The van der Waals surface area contributed by atoms with Gasteiger partial charge in [0.25, 0.3) is 5.56 Å². The number of amides is 1. The molecule has 3 aromatic heterocycles. The summed E-state index contributed by atoms with van der Waals surface area (Å²) in [5.41, 5.74) is 1.55. The summed E-state index contributed by atoms with van der Waals surface area (Å²) in [7, 11) is 0. The highest BCUT2D eigenvalue weighted by Crippen LogP contribution is 2.16. The summed E-state index contributed by atoms with van der Waals surface area (Å²) in [4.78, 5) is 43.4. The molecule has 0 fully saturated rings. The Morgan fingerprint density at radius 1 is 1.36 bits per heavy atom. The van der Waals surface area contributed by atoms with E-state index in [0.717, 1.165) is 16.9 Å². The zero-order valence-electron chi connectivity index (χ0n) is 13.5. The minimum absolute atomic E-state index is 0.0856. The number of aryl methyl sites for hydroxylation is 1. The van der Waals surface area contributed by atoms with Crippen LogP contribution in [0.3, 0.4) is 0 Å². The Kier molecular flexibility index (Phi) is 4.57. The van der Waals surface area contributed by atoms with Gasteiger partial charge in [-0.05, 0) is 18.6 Å². The van der Waals surface area contributed by atoms with Crippen LogP contribution in [0, 0.1) is 6.92 Å². The first-order chi connectivity index (χ1) is 11.9. The molecule has 0 unspecified atom stereocenters. The summed E-state index contributed by atoms with van der Waals surface area (Å²) in [5.74, 6) is -0.926. The van der Waals surface area contributed by atoms with Gasteiger partial charge in [0, 0.05) is 24.6 Å². The fourth-order valence-corrected chi connectivity index (χ4v) is 2.90. The van der Waals surface area contributed by atoms with Crippen LogP contribution in [-0.4, -0.2) is 26.2 Å². The van der Waals surface area contributed by atoms with Crippen molar-refractivity contribution in [1.29, 1.82) is 0 Å². The summed E-state index contributed by atoms with van der Waals surface area (Å²) in [6.07, 6.45) is 1.63. The first kappa shape index (κ1) is 16.8. The summed E-state index contributed by atoms with van der Waals surface area (Å²) in [6, 6.07) is 4.93. The molecule has 3 rings (SSSR count). The van der Waals surface area contributed by atoms with Gasteiger partial charge in [-0.15, -0.1) is 11.3 Å². The first-order valence-corrected chi connectivity index (χ1v) is 8.20. The number of pyridine rings is 1. The molecule has 0 aromatic carbocycles. The van der Waals surface area contributed by atoms with E-state index in [4.69, 9.17) is 4.74 Å². The van der Waals surface area contributed by atoms with Crippen LogP contribution in [0.5, 0.6) is 0 Å². The number of aromatic nitrogens is 3. The van der Waals surface area contributed by atoms with Crippen LogP contribution < -0.4 is 10.9 Å². The smallest absolute Gasteiger partial charge is 0.358 e. The molecule has 0 atom stereocenters. The number of ether oxygens (including phenoxy) is 1. The topological polar surface area (TPSA) is 103 Å². The number of thiazole rings is 1. The molecular formula is C16H14N4O4S. The van der Waals surface area contributed by atoms with Gasteiger partial charge in [0.2, 0.25) is 5.91 Å². The second kappa shape index (κ2) is 6.81. The second-order valence-electron chi connectivity index (χ2n) is 5.27. The highest BCUT2D eigenvalue weighted by atomic mass is 32.1. The van der Waals surface area contributed by atoms with Crippen LogP contribution in [0.4, 0.5) is 5.13 Å². The number of carbonyl (C=O) groups is 2. The number of anilines is 1. The Bertz CT molecular complexity index is 1020. The van der Waals surface area contributed by atoms with E-state index in [1.165, 1.54) is 22.8 Å². The molecule has 0 radical (unpaired) electrons. The summed E-state index contributed by atoms with van der Waals surface area (Å²) >= 11 is 1.12. The van der Waals surface area contributed by atoms with Crippen molar-refractivity contribution in [3.8, 4) is 0 Å². The third-order valence-electron chi connectivity index (χ3n) is 3.29. The van der Waals surface area contributed by atoms with Crippen molar-refractivity contribution in [3.05, 3.63) is 57.1 Å². The van der Waals surface area contributed by atoms with E-state index < -0.39 is 5.97 Å². The predicted molar refractivity (Wildman–Crippen MR) is 91.7 cm³/mol. The fourth-order valence-electron chi connectivity index (χ4n) is 2.17. The maximum atomic E-state index is 12.1. The number of rotatable bonds is 4. The molecule has 0 aliphatic carbocycles. The van der Waals surface area contributed by atoms with Crippen molar-refractivity contribution >= 4 is 34.0 Å². The lowest BCUT2D eigenvalue weighted by molar-refractivity contribution is -0.114. The predicted octanol–water partition coefficient (Wildman–Crippen LogP) is 1.77. The van der Waals surface area contributed by atoms with Gasteiger partial charge in [-0.1, -0.05) is 6.07 Å². The standard InChI is InChI=1S/C16H14N4O4S/c1-9-4-3-5-20-13(22)6-11(18-14(9)20)7-24-15(23)12-8-25-16(19-12)17-10(2)21/h3-6,8H,7H2,1-2H3,(H,17,19,21). The number of esters is 1. The molecule has 8 nitrogen and oxygen atoms in total. The van der Waals surface area contributed by atoms with Crippen molar-refractivity contribution in [3.63, 3.8) is 0 Å². The molecule has 0 aliphatic heterocycles. The van der Waals surface area contributed by atoms with Gasteiger partial charge in [0.1, 0.15) is 12.3 Å². The number of hydrogen-bond acceptors (Lipinski definition) is 7. The quantitative estimate of drug-likeness (QED) is 0.713. The lowest BCUT2D eigenvalue weighted by Crippen LogP contribution is -2.17. The molecule has 128 valence electrons. The lowest BCUT2D eigenvalue weighted by Gasteiger charge is -2.06. The first-order valence-electron chi connectivity index (χ1n) is 7.32. The molecule has 0 aliphatic rings. The SMILES string of the molecule is CC(=O)Nc1nc(C(=O)OCc2cc(=O)n3cccc(C)c3n2)cs1. The van der Waals surface area contributed by atoms with Crippen molar-refractivity contribution in [1.82, 2.24) is 14.4 Å². The van der Waals surface area contributed by atoms with Gasteiger partial charge in [0.05, 0.1) is 5.69 Å². The van der Waals surface area contributed by atoms with E-state index >= 15 is 0 Å². The van der Waals surface area contributed by atoms with Crippen LogP contribution in [0.15, 0.2) is 34.6 Å². The summed E-state index contributed by atoms with van der Waals surface area (Å²) in [6.45, 7) is 3.05. The van der Waals surface area contributed by atoms with Crippen molar-refractivity contribution < 1.29 is 14.3 Å². The van der Waals surface area contributed by atoms with Crippen LogP contribution in [0.25, 0.3) is 5.65 Å². The summed E-state index contributed by atoms with van der Waals surface area (Å²) in [5, 5.41) is 4.30. The third-order valence-corrected chi connectivity index (χ3v) is 4.04. The molecule has 1 N–H and O–H groups in total. The zero-order valence-corrected chi connectivity index (χ0v) is 14.3. The largest absolute Gasteiger partial charge is 0.454 e. The highest BCUT2D eigenvalue weighted by Gasteiger charge is 2.14. The molecule has 9 heteroatoms. The molecule has 3 heterocycles. The van der Waals surface area contributed by atoms with E-state index in [-0.39, 0.29) is 23.8 Å². The minimum Gasteiger partial charge on any atom is -0.454 e. The molecule has 0 spiro atoms. The number of nitrogens with one attached hydrogen (secondary N) is 1. The molecular weight excluding hydrogens is 344 g/mol. The van der Waals surface area contributed by atoms with Crippen LogP contribution >= 0.6 is 11.3 Å². The Labute approximate surface area is 146 Å². The van der Waals surface area contributed by atoms with E-state index in [9.17, 15) is 14.4 Å². The van der Waals surface area contributed by atoms with Crippen LogP contribution in [0.1, 0.15) is 28.7 Å². The average Bonchev–Trinajstić information content (AvgIpc) is 3.01. The maximum Gasteiger partial charge on any atom is 0.358 e. The summed E-state index contributed by atoms with van der Waals surface area (Å²) < 4.78 is 6.59. The third kappa shape index (κ3) is 3.72. The lowest BCUT2D eigenvalue weighted by atomic mass is 10.3. The van der Waals surface area contributed by atoms with Gasteiger partial charge in [-0.25, -0.2) is 14.8 Å². The molecule has 3 aromatic rings. The minimum atomic E-state index is -0.653. The van der Waals surface area contributed by atoms with Crippen molar-refractivity contribution in [2.24, 2.45) is 0 Å². The number of hydrogen-bond donors (Lipinski definition) is 1. The van der Waals surface area contributed by atoms with Gasteiger partial charge in [-0.2, -0.15) is 0 Å². The van der Waals surface area contributed by atoms with Crippen LogP contribution in [-0.2, 0) is 16.1 Å². The van der Waals surface area contributed by atoms with Gasteiger partial charge >= 0.3 is 5.97 Å². The molecule has 0 saturated carbocycles. The second-order valence-corrected chi connectivity index (χ2v) is 6.12. The highest BCUT2D eigenvalue weighted by molar-refractivity contribution is 7.14. The molecule has 1 amide bonds. The Morgan fingerprint density at radius 2 is 2.16 bits per heavy atom. The van der Waals surface area contributed by atoms with Crippen molar-refractivity contribution in [2.45, 2.75) is 20.5 Å². The molecule has 0 saturated heterocycles. The average molecular weight is 358 g/mol. The number of fused-ring (bicyclic) bond motifs is 1.